The molecule has 0 unspecified atom stereocenters. The van der Waals surface area contributed by atoms with Gasteiger partial charge in [0.2, 0.25) is 8.32 Å². The molecule has 0 radical (unpaired) electrons. The molecule has 0 aliphatic heterocycles. The van der Waals surface area contributed by atoms with Gasteiger partial charge in [0.05, 0.1) is 12.4 Å². The second kappa shape index (κ2) is 6.21. The molecular formula is C16H17N5OSi. The Kier molecular flexibility index (Phi) is 4.11. The molecule has 116 valence electrons. The van der Waals surface area contributed by atoms with E-state index >= 15 is 0 Å². The van der Waals surface area contributed by atoms with E-state index in [1.165, 1.54) is 0 Å². The zero-order valence-corrected chi connectivity index (χ0v) is 14.3. The van der Waals surface area contributed by atoms with E-state index in [0.29, 0.717) is 17.0 Å². The van der Waals surface area contributed by atoms with Crippen LogP contribution >= 0.6 is 0 Å². The normalized spacial score (nSPS) is 12.0. The summed E-state index contributed by atoms with van der Waals surface area (Å²) in [7, 11) is -1.70. The molecule has 0 atom stereocenters. The van der Waals surface area contributed by atoms with Gasteiger partial charge in [0, 0.05) is 12.4 Å². The van der Waals surface area contributed by atoms with Crippen LogP contribution in [0.1, 0.15) is 5.82 Å². The quantitative estimate of drug-likeness (QED) is 0.543. The molecule has 23 heavy (non-hydrogen) atoms. The van der Waals surface area contributed by atoms with Crippen molar-refractivity contribution in [3.05, 3.63) is 48.7 Å². The lowest BCUT2D eigenvalue weighted by Crippen LogP contribution is -2.29. The van der Waals surface area contributed by atoms with E-state index in [1.807, 2.05) is 24.3 Å². The van der Waals surface area contributed by atoms with Crippen molar-refractivity contribution < 1.29 is 4.43 Å². The van der Waals surface area contributed by atoms with Crippen molar-refractivity contribution in [2.24, 2.45) is 4.99 Å². The molecule has 6 nitrogen and oxygen atoms in total. The summed E-state index contributed by atoms with van der Waals surface area (Å²) in [6.07, 6.45) is 6.47. The maximum Gasteiger partial charge on any atom is 0.242 e. The first kappa shape index (κ1) is 15.2. The minimum absolute atomic E-state index is 0.487. The van der Waals surface area contributed by atoms with Crippen LogP contribution in [0.15, 0.2) is 47.8 Å². The van der Waals surface area contributed by atoms with E-state index in [9.17, 15) is 0 Å². The summed E-state index contributed by atoms with van der Waals surface area (Å²) in [5.41, 5.74) is 1.97. The number of hydrogen-bond acceptors (Lipinski definition) is 6. The molecule has 3 aromatic rings. The lowest BCUT2D eigenvalue weighted by atomic mass is 10.3. The number of fused-ring (bicyclic) bond motifs is 1. The van der Waals surface area contributed by atoms with Gasteiger partial charge < -0.3 is 4.43 Å². The van der Waals surface area contributed by atoms with E-state index in [-0.39, 0.29) is 0 Å². The standard InChI is InChI=1S/C16H17N5OSi/c1-23(2,3)22-14-7-5-4-6-12(14)19-11-15-20-10-13-16(21-15)18-9-8-17-13/h4-11H,1-3H3. The molecule has 0 spiro atoms. The molecule has 0 aliphatic carbocycles. The first-order valence-corrected chi connectivity index (χ1v) is 10.7. The third-order valence-corrected chi connectivity index (χ3v) is 3.68. The molecule has 0 fully saturated rings. The fourth-order valence-electron chi connectivity index (χ4n) is 1.95. The zero-order chi connectivity index (χ0) is 16.3. The van der Waals surface area contributed by atoms with Crippen LogP contribution in [-0.4, -0.2) is 34.5 Å². The first-order valence-electron chi connectivity index (χ1n) is 7.27. The van der Waals surface area contributed by atoms with Crippen LogP contribution in [0.2, 0.25) is 19.6 Å². The summed E-state index contributed by atoms with van der Waals surface area (Å²) in [6, 6.07) is 7.71. The fraction of sp³-hybridized carbons (Fsp3) is 0.188. The van der Waals surface area contributed by atoms with Crippen molar-refractivity contribution >= 4 is 31.4 Å². The smallest absolute Gasteiger partial charge is 0.242 e. The van der Waals surface area contributed by atoms with Gasteiger partial charge in [-0.2, -0.15) is 0 Å². The molecule has 0 aliphatic rings. The Hall–Kier alpha value is -2.67. The number of aromatic nitrogens is 4. The molecule has 2 aromatic heterocycles. The Labute approximate surface area is 135 Å². The summed E-state index contributed by atoms with van der Waals surface area (Å²) in [5, 5.41) is 0. The van der Waals surface area contributed by atoms with Crippen molar-refractivity contribution in [1.82, 2.24) is 19.9 Å². The van der Waals surface area contributed by atoms with E-state index < -0.39 is 8.32 Å². The Morgan fingerprint density at radius 1 is 1.04 bits per heavy atom. The predicted molar refractivity (Wildman–Crippen MR) is 92.8 cm³/mol. The highest BCUT2D eigenvalue weighted by molar-refractivity contribution is 6.70. The Bertz CT molecular complexity index is 860. The lowest BCUT2D eigenvalue weighted by Gasteiger charge is -2.20. The molecule has 3 rings (SSSR count). The number of hydrogen-bond donors (Lipinski definition) is 0. The fourth-order valence-corrected chi connectivity index (χ4v) is 2.79. The van der Waals surface area contributed by atoms with Gasteiger partial charge in [-0.05, 0) is 31.8 Å². The van der Waals surface area contributed by atoms with Gasteiger partial charge in [0.15, 0.2) is 11.5 Å². The summed E-state index contributed by atoms with van der Waals surface area (Å²) < 4.78 is 6.05. The molecular weight excluding hydrogens is 306 g/mol. The van der Waals surface area contributed by atoms with Crippen LogP contribution in [0.5, 0.6) is 5.75 Å². The molecule has 0 bridgehead atoms. The van der Waals surface area contributed by atoms with Gasteiger partial charge in [-0.15, -0.1) is 0 Å². The number of benzene rings is 1. The Morgan fingerprint density at radius 2 is 1.83 bits per heavy atom. The van der Waals surface area contributed by atoms with E-state index in [4.69, 9.17) is 4.43 Å². The largest absolute Gasteiger partial charge is 0.543 e. The topological polar surface area (TPSA) is 73.2 Å². The summed E-state index contributed by atoms with van der Waals surface area (Å²) in [5.74, 6) is 1.27. The lowest BCUT2D eigenvalue weighted by molar-refractivity contribution is 0.559. The maximum absolute atomic E-state index is 6.05. The molecule has 2 heterocycles. The van der Waals surface area contributed by atoms with Gasteiger partial charge in [0.25, 0.3) is 0 Å². The molecule has 0 saturated carbocycles. The summed E-state index contributed by atoms with van der Waals surface area (Å²) in [6.45, 7) is 6.41. The van der Waals surface area contributed by atoms with Crippen LogP contribution < -0.4 is 4.43 Å². The van der Waals surface area contributed by atoms with Gasteiger partial charge in [-0.25, -0.2) is 24.9 Å². The van der Waals surface area contributed by atoms with Crippen molar-refractivity contribution in [2.75, 3.05) is 0 Å². The monoisotopic (exact) mass is 323 g/mol. The average Bonchev–Trinajstić information content (AvgIpc) is 2.52. The van der Waals surface area contributed by atoms with Gasteiger partial charge in [-0.1, -0.05) is 12.1 Å². The third kappa shape index (κ3) is 3.95. The predicted octanol–water partition coefficient (Wildman–Crippen LogP) is 3.38. The first-order chi connectivity index (χ1) is 11.0. The van der Waals surface area contributed by atoms with Crippen molar-refractivity contribution in [2.45, 2.75) is 19.6 Å². The SMILES string of the molecule is C[Si](C)(C)Oc1ccccc1N=Cc1ncc2nccnc2n1. The van der Waals surface area contributed by atoms with Crippen LogP contribution in [-0.2, 0) is 0 Å². The number of nitrogens with zero attached hydrogens (tertiary/aromatic N) is 5. The van der Waals surface area contributed by atoms with E-state index in [0.717, 1.165) is 11.4 Å². The molecule has 1 aromatic carbocycles. The van der Waals surface area contributed by atoms with Crippen LogP contribution in [0, 0.1) is 0 Å². The van der Waals surface area contributed by atoms with Gasteiger partial charge in [-0.3, -0.25) is 0 Å². The highest BCUT2D eigenvalue weighted by atomic mass is 28.4. The summed E-state index contributed by atoms with van der Waals surface area (Å²) in [4.78, 5) is 21.3. The highest BCUT2D eigenvalue weighted by Gasteiger charge is 2.17. The van der Waals surface area contributed by atoms with Gasteiger partial charge >= 0.3 is 0 Å². The molecule has 0 N–H and O–H groups in total. The second-order valence-electron chi connectivity index (χ2n) is 5.93. The number of rotatable bonds is 4. The summed E-state index contributed by atoms with van der Waals surface area (Å²) >= 11 is 0. The van der Waals surface area contributed by atoms with Gasteiger partial charge in [0.1, 0.15) is 17.0 Å². The Morgan fingerprint density at radius 3 is 2.65 bits per heavy atom. The van der Waals surface area contributed by atoms with Crippen LogP contribution in [0.4, 0.5) is 5.69 Å². The maximum atomic E-state index is 6.05. The zero-order valence-electron chi connectivity index (χ0n) is 13.3. The molecule has 0 saturated heterocycles. The minimum Gasteiger partial charge on any atom is -0.543 e. The van der Waals surface area contributed by atoms with Crippen LogP contribution in [0.25, 0.3) is 11.2 Å². The number of aliphatic imine (C=N–C) groups is 1. The van der Waals surface area contributed by atoms with Crippen molar-refractivity contribution in [3.8, 4) is 5.75 Å². The molecule has 0 amide bonds. The Balaban J connectivity index is 1.89. The van der Waals surface area contributed by atoms with Crippen molar-refractivity contribution in [3.63, 3.8) is 0 Å². The van der Waals surface area contributed by atoms with Crippen molar-refractivity contribution in [1.29, 1.82) is 0 Å². The van der Waals surface area contributed by atoms with Crippen LogP contribution in [0.3, 0.4) is 0 Å². The van der Waals surface area contributed by atoms with E-state index in [2.05, 4.69) is 44.6 Å². The average molecular weight is 323 g/mol. The minimum atomic E-state index is -1.70. The van der Waals surface area contributed by atoms with E-state index in [1.54, 1.807) is 24.8 Å². The molecule has 7 heteroatoms. The third-order valence-electron chi connectivity index (χ3n) is 2.85. The second-order valence-corrected chi connectivity index (χ2v) is 10.4. The number of para-hydroxylation sites is 2. The highest BCUT2D eigenvalue weighted by Crippen LogP contribution is 2.29.